The van der Waals surface area contributed by atoms with Crippen molar-refractivity contribution in [1.82, 2.24) is 0 Å². The van der Waals surface area contributed by atoms with Crippen LogP contribution in [-0.2, 0) is 9.53 Å². The highest BCUT2D eigenvalue weighted by Crippen LogP contribution is 2.25. The molecule has 4 nitrogen and oxygen atoms in total. The Hall–Kier alpha value is -0.780. The molecule has 100 valence electrons. The monoisotopic (exact) mass is 335 g/mol. The number of nitrogens with one attached hydrogen (secondary N) is 1. The molecule has 0 saturated carbocycles. The molecule has 0 aliphatic heterocycles. The zero-order valence-corrected chi connectivity index (χ0v) is 12.3. The maximum absolute atomic E-state index is 11.1. The summed E-state index contributed by atoms with van der Waals surface area (Å²) in [5, 5.41) is 13.3. The first kappa shape index (κ1) is 15.3. The fourth-order valence-electron chi connectivity index (χ4n) is 1.35. The van der Waals surface area contributed by atoms with Crippen LogP contribution in [0.25, 0.3) is 0 Å². The van der Waals surface area contributed by atoms with Gasteiger partial charge in [-0.2, -0.15) is 0 Å². The van der Waals surface area contributed by atoms with E-state index in [1.54, 1.807) is 25.1 Å². The summed E-state index contributed by atoms with van der Waals surface area (Å²) >= 11 is 9.17. The predicted molar refractivity (Wildman–Crippen MR) is 74.9 cm³/mol. The van der Waals surface area contributed by atoms with Crippen molar-refractivity contribution in [2.45, 2.75) is 19.4 Å². The zero-order valence-electron chi connectivity index (χ0n) is 9.95. The Balaban J connectivity index is 2.42. The number of aliphatic hydroxyl groups is 1. The van der Waals surface area contributed by atoms with E-state index >= 15 is 0 Å². The number of esters is 1. The number of hydrogen-bond acceptors (Lipinski definition) is 4. The molecule has 1 rings (SSSR count). The molecule has 2 N–H and O–H groups in total. The summed E-state index contributed by atoms with van der Waals surface area (Å²) in [5.41, 5.74) is 0.808. The van der Waals surface area contributed by atoms with Crippen LogP contribution in [0.2, 0.25) is 5.02 Å². The first-order chi connectivity index (χ1) is 8.52. The number of halogens is 2. The molecule has 0 heterocycles. The first-order valence-corrected chi connectivity index (χ1v) is 6.72. The minimum absolute atomic E-state index is 0.0218. The molecular weight excluding hydrogens is 321 g/mol. The van der Waals surface area contributed by atoms with E-state index in [1.165, 1.54) is 0 Å². The summed E-state index contributed by atoms with van der Waals surface area (Å²) in [4.78, 5) is 11.1. The molecule has 0 aliphatic carbocycles. The molecule has 0 aliphatic rings. The average molecular weight is 337 g/mol. The second-order valence-corrected chi connectivity index (χ2v) is 4.96. The number of aliphatic hydroxyl groups excluding tert-OH is 1. The molecule has 0 aromatic heterocycles. The van der Waals surface area contributed by atoms with Crippen LogP contribution in [0.5, 0.6) is 0 Å². The number of benzene rings is 1. The Kier molecular flexibility index (Phi) is 6.46. The van der Waals surface area contributed by atoms with Gasteiger partial charge in [0.25, 0.3) is 0 Å². The van der Waals surface area contributed by atoms with Gasteiger partial charge in [0.15, 0.2) is 0 Å². The van der Waals surface area contributed by atoms with E-state index < -0.39 is 12.1 Å². The van der Waals surface area contributed by atoms with E-state index in [0.29, 0.717) is 11.6 Å². The van der Waals surface area contributed by atoms with Gasteiger partial charge in [-0.25, -0.2) is 0 Å². The molecule has 1 unspecified atom stereocenters. The van der Waals surface area contributed by atoms with Crippen molar-refractivity contribution in [3.8, 4) is 0 Å². The van der Waals surface area contributed by atoms with Crippen LogP contribution in [0.3, 0.4) is 0 Å². The van der Waals surface area contributed by atoms with Gasteiger partial charge in [-0.3, -0.25) is 4.79 Å². The zero-order chi connectivity index (χ0) is 13.5. The van der Waals surface area contributed by atoms with Crippen LogP contribution in [0.1, 0.15) is 13.3 Å². The molecule has 6 heteroatoms. The second kappa shape index (κ2) is 7.61. The molecule has 0 radical (unpaired) electrons. The lowest BCUT2D eigenvalue weighted by atomic mass is 10.2. The van der Waals surface area contributed by atoms with Crippen molar-refractivity contribution in [3.63, 3.8) is 0 Å². The van der Waals surface area contributed by atoms with E-state index in [4.69, 9.17) is 16.3 Å². The lowest BCUT2D eigenvalue weighted by Gasteiger charge is -2.13. The molecule has 18 heavy (non-hydrogen) atoms. The molecule has 0 fully saturated rings. The van der Waals surface area contributed by atoms with Gasteiger partial charge in [0.1, 0.15) is 0 Å². The summed E-state index contributed by atoms with van der Waals surface area (Å²) < 4.78 is 5.55. The Morgan fingerprint density at radius 2 is 2.33 bits per heavy atom. The van der Waals surface area contributed by atoms with E-state index in [-0.39, 0.29) is 13.0 Å². The van der Waals surface area contributed by atoms with Gasteiger partial charge < -0.3 is 15.2 Å². The van der Waals surface area contributed by atoms with Gasteiger partial charge in [-0.15, -0.1) is 0 Å². The summed E-state index contributed by atoms with van der Waals surface area (Å²) in [6.07, 6.45) is -0.807. The third-order valence-corrected chi connectivity index (χ3v) is 3.06. The molecular formula is C12H15BrClNO3. The minimum atomic E-state index is -0.786. The molecule has 1 atom stereocenters. The third-order valence-electron chi connectivity index (χ3n) is 2.17. The van der Waals surface area contributed by atoms with Crippen LogP contribution in [0, 0.1) is 0 Å². The van der Waals surface area contributed by atoms with Crippen LogP contribution >= 0.6 is 27.5 Å². The van der Waals surface area contributed by atoms with Crippen molar-refractivity contribution in [2.75, 3.05) is 18.5 Å². The molecule has 0 saturated heterocycles. The van der Waals surface area contributed by atoms with Gasteiger partial charge in [0, 0.05) is 21.7 Å². The Bertz CT molecular complexity index is 414. The lowest BCUT2D eigenvalue weighted by Crippen LogP contribution is -2.24. The largest absolute Gasteiger partial charge is 0.466 e. The number of rotatable bonds is 6. The van der Waals surface area contributed by atoms with Crippen LogP contribution in [0.15, 0.2) is 22.7 Å². The summed E-state index contributed by atoms with van der Waals surface area (Å²) in [6.45, 7) is 2.31. The highest BCUT2D eigenvalue weighted by Gasteiger charge is 2.11. The number of carbonyl (C=O) groups excluding carboxylic acids is 1. The Morgan fingerprint density at radius 1 is 1.61 bits per heavy atom. The normalized spacial score (nSPS) is 12.0. The van der Waals surface area contributed by atoms with Gasteiger partial charge >= 0.3 is 5.97 Å². The van der Waals surface area contributed by atoms with Crippen LogP contribution in [0.4, 0.5) is 5.69 Å². The molecule has 0 bridgehead atoms. The molecule has 1 aromatic rings. The second-order valence-electron chi connectivity index (χ2n) is 3.67. The van der Waals surface area contributed by atoms with E-state index in [9.17, 15) is 9.90 Å². The topological polar surface area (TPSA) is 58.6 Å². The van der Waals surface area contributed by atoms with E-state index in [2.05, 4.69) is 21.2 Å². The van der Waals surface area contributed by atoms with Crippen molar-refractivity contribution >= 4 is 39.2 Å². The summed E-state index contributed by atoms with van der Waals surface area (Å²) in [5.74, 6) is -0.401. The molecule has 0 amide bonds. The number of anilines is 1. The van der Waals surface area contributed by atoms with Gasteiger partial charge in [-0.05, 0) is 41.1 Å². The Labute approximate surface area is 119 Å². The van der Waals surface area contributed by atoms with Crippen molar-refractivity contribution in [2.24, 2.45) is 0 Å². The summed E-state index contributed by atoms with van der Waals surface area (Å²) in [7, 11) is 0. The smallest absolute Gasteiger partial charge is 0.308 e. The van der Waals surface area contributed by atoms with E-state index in [1.807, 2.05) is 0 Å². The highest BCUT2D eigenvalue weighted by atomic mass is 79.9. The predicted octanol–water partition coefficient (Wildman–Crippen LogP) is 2.83. The maximum atomic E-state index is 11.1. The lowest BCUT2D eigenvalue weighted by molar-refractivity contribution is -0.145. The number of hydrogen-bond donors (Lipinski definition) is 2. The number of ether oxygens (including phenoxy) is 1. The first-order valence-electron chi connectivity index (χ1n) is 5.55. The van der Waals surface area contributed by atoms with Gasteiger partial charge in [0.2, 0.25) is 0 Å². The standard InChI is InChI=1S/C12H15BrClNO3/c1-2-18-12(17)6-9(16)7-15-11-4-3-8(14)5-10(11)13/h3-5,9,15-16H,2,6-7H2,1H3. The van der Waals surface area contributed by atoms with Gasteiger partial charge in [0.05, 0.1) is 19.1 Å². The number of carbonyl (C=O) groups is 1. The SMILES string of the molecule is CCOC(=O)CC(O)CNc1ccc(Cl)cc1Br. The maximum Gasteiger partial charge on any atom is 0.308 e. The highest BCUT2D eigenvalue weighted by molar-refractivity contribution is 9.10. The molecule has 1 aromatic carbocycles. The average Bonchev–Trinajstić information content (AvgIpc) is 2.28. The fourth-order valence-corrected chi connectivity index (χ4v) is 2.17. The quantitative estimate of drug-likeness (QED) is 0.784. The van der Waals surface area contributed by atoms with E-state index in [0.717, 1.165) is 10.2 Å². The molecule has 0 spiro atoms. The Morgan fingerprint density at radius 3 is 2.94 bits per heavy atom. The third kappa shape index (κ3) is 5.25. The van der Waals surface area contributed by atoms with Crippen LogP contribution in [-0.4, -0.2) is 30.3 Å². The van der Waals surface area contributed by atoms with Crippen LogP contribution < -0.4 is 5.32 Å². The van der Waals surface area contributed by atoms with Crippen molar-refractivity contribution in [1.29, 1.82) is 0 Å². The van der Waals surface area contributed by atoms with Gasteiger partial charge in [-0.1, -0.05) is 11.6 Å². The summed E-state index contributed by atoms with van der Waals surface area (Å²) in [6, 6.07) is 5.29. The fraction of sp³-hybridized carbons (Fsp3) is 0.417. The minimum Gasteiger partial charge on any atom is -0.466 e. The van der Waals surface area contributed by atoms with Crippen molar-refractivity contribution < 1.29 is 14.6 Å². The van der Waals surface area contributed by atoms with Crippen molar-refractivity contribution in [3.05, 3.63) is 27.7 Å².